The van der Waals surface area contributed by atoms with Gasteiger partial charge in [-0.05, 0) is 24.0 Å². The first-order valence-corrected chi connectivity index (χ1v) is 7.14. The van der Waals surface area contributed by atoms with Crippen LogP contribution in [-0.2, 0) is 16.0 Å². The molecule has 21 heavy (non-hydrogen) atoms. The molecule has 1 aliphatic heterocycles. The van der Waals surface area contributed by atoms with E-state index in [0.717, 1.165) is 6.42 Å². The van der Waals surface area contributed by atoms with Gasteiger partial charge in [-0.15, -0.1) is 0 Å². The van der Waals surface area contributed by atoms with E-state index in [-0.39, 0.29) is 24.0 Å². The molecule has 5 heteroatoms. The Morgan fingerprint density at radius 1 is 1.38 bits per heavy atom. The second-order valence-electron chi connectivity index (χ2n) is 5.52. The Morgan fingerprint density at radius 2 is 2.10 bits per heavy atom. The Morgan fingerprint density at radius 3 is 2.76 bits per heavy atom. The fourth-order valence-corrected chi connectivity index (χ4v) is 2.72. The first kappa shape index (κ1) is 15.5. The molecule has 2 rings (SSSR count). The molecule has 1 saturated heterocycles. The maximum atomic E-state index is 12.4. The molecule has 2 unspecified atom stereocenters. The van der Waals surface area contributed by atoms with Gasteiger partial charge in [0.15, 0.2) is 0 Å². The fraction of sp³-hybridized carbons (Fsp3) is 0.500. The van der Waals surface area contributed by atoms with Crippen LogP contribution >= 0.6 is 0 Å². The van der Waals surface area contributed by atoms with Gasteiger partial charge in [0.25, 0.3) is 0 Å². The third-order valence-electron chi connectivity index (χ3n) is 4.13. The number of aromatic carboxylic acids is 1. The van der Waals surface area contributed by atoms with Gasteiger partial charge in [0.2, 0.25) is 5.91 Å². The minimum absolute atomic E-state index is 0.0438. The Labute approximate surface area is 124 Å². The number of carboxylic acids is 1. The number of ether oxygens (including phenoxy) is 1. The molecule has 2 atom stereocenters. The minimum Gasteiger partial charge on any atom is -0.478 e. The second kappa shape index (κ2) is 6.72. The maximum Gasteiger partial charge on any atom is 0.335 e. The molecule has 1 fully saturated rings. The highest BCUT2D eigenvalue weighted by atomic mass is 16.5. The number of carboxylic acid groups (broad SMARTS) is 1. The van der Waals surface area contributed by atoms with Gasteiger partial charge in [0.05, 0.1) is 18.1 Å². The quantitative estimate of drug-likeness (QED) is 0.918. The van der Waals surface area contributed by atoms with Gasteiger partial charge < -0.3 is 14.7 Å². The molecule has 0 radical (unpaired) electrons. The van der Waals surface area contributed by atoms with E-state index >= 15 is 0 Å². The van der Waals surface area contributed by atoms with E-state index in [2.05, 4.69) is 6.92 Å². The molecular formula is C16H21NO4. The number of amides is 1. The Balaban J connectivity index is 2.07. The van der Waals surface area contributed by atoms with E-state index in [1.807, 2.05) is 0 Å². The Bertz CT molecular complexity index is 529. The van der Waals surface area contributed by atoms with Crippen LogP contribution < -0.4 is 0 Å². The SMILES string of the molecule is COC1CN(C(=O)Cc2ccccc2C(=O)O)CCC1C. The number of methoxy groups -OCH3 is 1. The largest absolute Gasteiger partial charge is 0.478 e. The van der Waals surface area contributed by atoms with Gasteiger partial charge in [-0.2, -0.15) is 0 Å². The molecule has 0 spiro atoms. The lowest BCUT2D eigenvalue weighted by molar-refractivity contribution is -0.135. The molecule has 1 aliphatic rings. The maximum absolute atomic E-state index is 12.4. The molecule has 5 nitrogen and oxygen atoms in total. The summed E-state index contributed by atoms with van der Waals surface area (Å²) in [6.45, 7) is 3.40. The summed E-state index contributed by atoms with van der Waals surface area (Å²) in [6.07, 6.45) is 1.08. The van der Waals surface area contributed by atoms with Crippen LogP contribution in [-0.4, -0.2) is 48.2 Å². The highest BCUT2D eigenvalue weighted by Gasteiger charge is 2.29. The summed E-state index contributed by atoms with van der Waals surface area (Å²) in [4.78, 5) is 25.3. The number of likely N-dealkylation sites (tertiary alicyclic amines) is 1. The summed E-state index contributed by atoms with van der Waals surface area (Å²) < 4.78 is 5.41. The number of hydrogen-bond donors (Lipinski definition) is 1. The molecule has 1 aromatic carbocycles. The third kappa shape index (κ3) is 3.61. The van der Waals surface area contributed by atoms with E-state index in [0.29, 0.717) is 24.6 Å². The summed E-state index contributed by atoms with van der Waals surface area (Å²) in [6, 6.07) is 6.65. The number of hydrogen-bond acceptors (Lipinski definition) is 3. The molecule has 0 aliphatic carbocycles. The van der Waals surface area contributed by atoms with Crippen LogP contribution in [0.3, 0.4) is 0 Å². The third-order valence-corrected chi connectivity index (χ3v) is 4.13. The predicted octanol–water partition coefficient (Wildman–Crippen LogP) is 1.81. The average molecular weight is 291 g/mol. The number of benzene rings is 1. The van der Waals surface area contributed by atoms with Gasteiger partial charge in [0.1, 0.15) is 0 Å². The predicted molar refractivity (Wildman–Crippen MR) is 78.3 cm³/mol. The molecule has 1 aromatic rings. The van der Waals surface area contributed by atoms with Crippen molar-refractivity contribution in [3.05, 3.63) is 35.4 Å². The van der Waals surface area contributed by atoms with Crippen LogP contribution in [0.4, 0.5) is 0 Å². The Kier molecular flexibility index (Phi) is 4.96. The summed E-state index contributed by atoms with van der Waals surface area (Å²) in [5.74, 6) is -0.608. The van der Waals surface area contributed by atoms with Crippen molar-refractivity contribution in [2.45, 2.75) is 25.9 Å². The highest BCUT2D eigenvalue weighted by Crippen LogP contribution is 2.20. The monoisotopic (exact) mass is 291 g/mol. The zero-order valence-electron chi connectivity index (χ0n) is 12.4. The van der Waals surface area contributed by atoms with E-state index in [1.165, 1.54) is 6.07 Å². The van der Waals surface area contributed by atoms with Crippen LogP contribution in [0, 0.1) is 5.92 Å². The van der Waals surface area contributed by atoms with Crippen LogP contribution in [0.25, 0.3) is 0 Å². The molecule has 0 bridgehead atoms. The smallest absolute Gasteiger partial charge is 0.335 e. The van der Waals surface area contributed by atoms with Crippen molar-refractivity contribution >= 4 is 11.9 Å². The fourth-order valence-electron chi connectivity index (χ4n) is 2.72. The van der Waals surface area contributed by atoms with Gasteiger partial charge in [-0.25, -0.2) is 4.79 Å². The molecular weight excluding hydrogens is 270 g/mol. The average Bonchev–Trinajstić information content (AvgIpc) is 2.48. The summed E-state index contributed by atoms with van der Waals surface area (Å²) in [5.41, 5.74) is 0.752. The summed E-state index contributed by atoms with van der Waals surface area (Å²) in [7, 11) is 1.66. The van der Waals surface area contributed by atoms with Crippen molar-refractivity contribution in [3.8, 4) is 0 Å². The van der Waals surface area contributed by atoms with Crippen LogP contribution in [0.5, 0.6) is 0 Å². The molecule has 0 aromatic heterocycles. The normalized spacial score (nSPS) is 22.1. The lowest BCUT2D eigenvalue weighted by Gasteiger charge is -2.36. The Hall–Kier alpha value is -1.88. The van der Waals surface area contributed by atoms with Gasteiger partial charge in [-0.3, -0.25) is 4.79 Å². The molecule has 1 N–H and O–H groups in total. The lowest BCUT2D eigenvalue weighted by Crippen LogP contribution is -2.47. The van der Waals surface area contributed by atoms with E-state index < -0.39 is 5.97 Å². The number of piperidine rings is 1. The second-order valence-corrected chi connectivity index (χ2v) is 5.52. The zero-order valence-corrected chi connectivity index (χ0v) is 12.4. The molecule has 114 valence electrons. The van der Waals surface area contributed by atoms with Crippen molar-refractivity contribution in [2.24, 2.45) is 5.92 Å². The topological polar surface area (TPSA) is 66.8 Å². The first-order valence-electron chi connectivity index (χ1n) is 7.14. The highest BCUT2D eigenvalue weighted by molar-refractivity contribution is 5.91. The summed E-state index contributed by atoms with van der Waals surface area (Å²) >= 11 is 0. The van der Waals surface area contributed by atoms with E-state index in [4.69, 9.17) is 9.84 Å². The van der Waals surface area contributed by atoms with E-state index in [9.17, 15) is 9.59 Å². The number of nitrogens with zero attached hydrogens (tertiary/aromatic N) is 1. The van der Waals surface area contributed by atoms with Crippen molar-refractivity contribution in [1.29, 1.82) is 0 Å². The van der Waals surface area contributed by atoms with Crippen LogP contribution in [0.15, 0.2) is 24.3 Å². The number of rotatable bonds is 4. The van der Waals surface area contributed by atoms with Crippen molar-refractivity contribution in [1.82, 2.24) is 4.90 Å². The van der Waals surface area contributed by atoms with Crippen molar-refractivity contribution < 1.29 is 19.4 Å². The molecule has 1 amide bonds. The molecule has 1 heterocycles. The van der Waals surface area contributed by atoms with Crippen molar-refractivity contribution in [2.75, 3.05) is 20.2 Å². The van der Waals surface area contributed by atoms with Gasteiger partial charge in [0, 0.05) is 20.2 Å². The van der Waals surface area contributed by atoms with Crippen LogP contribution in [0.1, 0.15) is 29.3 Å². The number of carbonyl (C=O) groups excluding carboxylic acids is 1. The van der Waals surface area contributed by atoms with E-state index in [1.54, 1.807) is 30.2 Å². The minimum atomic E-state index is -1.000. The van der Waals surface area contributed by atoms with Crippen LogP contribution in [0.2, 0.25) is 0 Å². The number of carbonyl (C=O) groups is 2. The zero-order chi connectivity index (χ0) is 15.4. The standard InChI is InChI=1S/C16H21NO4/c1-11-7-8-17(10-14(11)21-2)15(18)9-12-5-3-4-6-13(12)16(19)20/h3-6,11,14H,7-10H2,1-2H3,(H,19,20). The molecule has 0 saturated carbocycles. The first-order chi connectivity index (χ1) is 10.0. The van der Waals surface area contributed by atoms with Gasteiger partial charge in [-0.1, -0.05) is 25.1 Å². The van der Waals surface area contributed by atoms with Gasteiger partial charge >= 0.3 is 5.97 Å². The van der Waals surface area contributed by atoms with Crippen molar-refractivity contribution in [3.63, 3.8) is 0 Å². The lowest BCUT2D eigenvalue weighted by atomic mass is 9.95. The summed E-state index contributed by atoms with van der Waals surface area (Å²) in [5, 5.41) is 9.16.